The van der Waals surface area contributed by atoms with E-state index in [1.54, 1.807) is 6.07 Å². The summed E-state index contributed by atoms with van der Waals surface area (Å²) in [6.07, 6.45) is 0. The fourth-order valence-corrected chi connectivity index (χ4v) is 2.56. The van der Waals surface area contributed by atoms with Gasteiger partial charge in [0, 0.05) is 11.4 Å². The van der Waals surface area contributed by atoms with Crippen LogP contribution in [0.3, 0.4) is 0 Å². The zero-order valence-corrected chi connectivity index (χ0v) is 14.9. The van der Waals surface area contributed by atoms with Gasteiger partial charge in [0.15, 0.2) is 0 Å². The minimum atomic E-state index is -0.484. The first-order valence-corrected chi connectivity index (χ1v) is 8.35. The van der Waals surface area contributed by atoms with Crippen LogP contribution in [0.2, 0.25) is 0 Å². The molecule has 0 aliphatic carbocycles. The molecular formula is C21H18FN3O2. The van der Waals surface area contributed by atoms with Crippen LogP contribution in [-0.2, 0) is 0 Å². The van der Waals surface area contributed by atoms with Gasteiger partial charge in [-0.1, -0.05) is 23.8 Å². The number of carbonyl (C=O) groups is 2. The van der Waals surface area contributed by atoms with Gasteiger partial charge in [-0.3, -0.25) is 9.59 Å². The molecule has 2 N–H and O–H groups in total. The van der Waals surface area contributed by atoms with Gasteiger partial charge in [0.1, 0.15) is 17.2 Å². The van der Waals surface area contributed by atoms with Crippen LogP contribution < -0.4 is 10.6 Å². The molecule has 0 bridgehead atoms. The van der Waals surface area contributed by atoms with Gasteiger partial charge in [0.25, 0.3) is 11.8 Å². The van der Waals surface area contributed by atoms with Crippen LogP contribution in [0, 0.1) is 19.7 Å². The normalized spacial score (nSPS) is 10.3. The number of anilines is 2. The van der Waals surface area contributed by atoms with Crippen molar-refractivity contribution >= 4 is 23.2 Å². The fourth-order valence-electron chi connectivity index (χ4n) is 2.56. The highest BCUT2D eigenvalue weighted by atomic mass is 19.1. The van der Waals surface area contributed by atoms with E-state index in [2.05, 4.69) is 15.6 Å². The van der Waals surface area contributed by atoms with Crippen molar-refractivity contribution in [2.75, 3.05) is 10.6 Å². The number of carbonyl (C=O) groups excluding carboxylic acids is 2. The van der Waals surface area contributed by atoms with Crippen LogP contribution in [-0.4, -0.2) is 16.8 Å². The van der Waals surface area contributed by atoms with Crippen LogP contribution >= 0.6 is 0 Å². The van der Waals surface area contributed by atoms with E-state index in [-0.39, 0.29) is 11.4 Å². The molecule has 0 radical (unpaired) electrons. The second-order valence-corrected chi connectivity index (χ2v) is 6.14. The lowest BCUT2D eigenvalue weighted by atomic mass is 10.1. The van der Waals surface area contributed by atoms with Crippen molar-refractivity contribution in [2.45, 2.75) is 13.8 Å². The van der Waals surface area contributed by atoms with Crippen LogP contribution in [0.1, 0.15) is 32.1 Å². The Balaban J connectivity index is 1.75. The third-order valence-corrected chi connectivity index (χ3v) is 3.95. The van der Waals surface area contributed by atoms with Crippen LogP contribution in [0.25, 0.3) is 0 Å². The Hall–Kier alpha value is -3.54. The van der Waals surface area contributed by atoms with Gasteiger partial charge in [-0.25, -0.2) is 9.37 Å². The predicted molar refractivity (Wildman–Crippen MR) is 102 cm³/mol. The first kappa shape index (κ1) is 18.3. The van der Waals surface area contributed by atoms with Gasteiger partial charge in [-0.15, -0.1) is 0 Å². The maximum absolute atomic E-state index is 12.9. The Bertz CT molecular complexity index is 1000. The van der Waals surface area contributed by atoms with Crippen molar-refractivity contribution in [3.63, 3.8) is 0 Å². The summed E-state index contributed by atoms with van der Waals surface area (Å²) < 4.78 is 12.9. The smallest absolute Gasteiger partial charge is 0.274 e. The molecule has 0 saturated heterocycles. The topological polar surface area (TPSA) is 71.1 Å². The molecule has 27 heavy (non-hydrogen) atoms. The van der Waals surface area contributed by atoms with Gasteiger partial charge >= 0.3 is 0 Å². The van der Waals surface area contributed by atoms with Crippen molar-refractivity contribution in [3.05, 3.63) is 89.0 Å². The summed E-state index contributed by atoms with van der Waals surface area (Å²) in [6.45, 7) is 3.88. The number of pyridine rings is 1. The van der Waals surface area contributed by atoms with Crippen molar-refractivity contribution in [1.82, 2.24) is 4.98 Å². The molecule has 5 nitrogen and oxygen atoms in total. The van der Waals surface area contributed by atoms with E-state index in [0.717, 1.165) is 11.1 Å². The van der Waals surface area contributed by atoms with Crippen molar-refractivity contribution < 1.29 is 14.0 Å². The SMILES string of the molecule is Cc1ccc(NC(=O)c2cccc(C(=O)Nc3ccc(F)cc3)n2)c(C)c1. The molecule has 6 heteroatoms. The Morgan fingerprint density at radius 1 is 0.852 bits per heavy atom. The average molecular weight is 363 g/mol. The number of aryl methyl sites for hydroxylation is 2. The predicted octanol–water partition coefficient (Wildman–Crippen LogP) is 4.34. The molecule has 0 unspecified atom stereocenters. The highest BCUT2D eigenvalue weighted by Gasteiger charge is 2.13. The van der Waals surface area contributed by atoms with E-state index in [4.69, 9.17) is 0 Å². The number of hydrogen-bond acceptors (Lipinski definition) is 3. The molecular weight excluding hydrogens is 345 g/mol. The summed E-state index contributed by atoms with van der Waals surface area (Å²) in [5.41, 5.74) is 3.38. The quantitative estimate of drug-likeness (QED) is 0.724. The van der Waals surface area contributed by atoms with Crippen molar-refractivity contribution in [3.8, 4) is 0 Å². The number of rotatable bonds is 4. The molecule has 2 aromatic carbocycles. The number of nitrogens with zero attached hydrogens (tertiary/aromatic N) is 1. The maximum atomic E-state index is 12.9. The highest BCUT2D eigenvalue weighted by Crippen LogP contribution is 2.17. The number of halogens is 1. The van der Waals surface area contributed by atoms with Gasteiger partial charge < -0.3 is 10.6 Å². The molecule has 3 aromatic rings. The molecule has 0 aliphatic rings. The Labute approximate surface area is 156 Å². The first-order valence-electron chi connectivity index (χ1n) is 8.35. The Morgan fingerprint density at radius 3 is 2.11 bits per heavy atom. The lowest BCUT2D eigenvalue weighted by Gasteiger charge is -2.10. The summed E-state index contributed by atoms with van der Waals surface area (Å²) >= 11 is 0. The van der Waals surface area contributed by atoms with E-state index in [9.17, 15) is 14.0 Å². The van der Waals surface area contributed by atoms with Crippen molar-refractivity contribution in [2.24, 2.45) is 0 Å². The third kappa shape index (κ3) is 4.55. The second-order valence-electron chi connectivity index (χ2n) is 6.14. The summed E-state index contributed by atoms with van der Waals surface area (Å²) in [5, 5.41) is 5.42. The molecule has 0 aliphatic heterocycles. The highest BCUT2D eigenvalue weighted by molar-refractivity contribution is 6.06. The van der Waals surface area contributed by atoms with E-state index >= 15 is 0 Å². The van der Waals surface area contributed by atoms with E-state index in [0.29, 0.717) is 11.4 Å². The summed E-state index contributed by atoms with van der Waals surface area (Å²) in [7, 11) is 0. The van der Waals surface area contributed by atoms with Crippen LogP contribution in [0.4, 0.5) is 15.8 Å². The first-order chi connectivity index (χ1) is 12.9. The molecule has 0 fully saturated rings. The molecule has 136 valence electrons. The number of benzene rings is 2. The van der Waals surface area contributed by atoms with E-state index < -0.39 is 17.6 Å². The molecule has 1 heterocycles. The number of amides is 2. The molecule has 2 amide bonds. The molecule has 1 aromatic heterocycles. The third-order valence-electron chi connectivity index (χ3n) is 3.95. The minimum Gasteiger partial charge on any atom is -0.321 e. The van der Waals surface area contributed by atoms with Crippen molar-refractivity contribution in [1.29, 1.82) is 0 Å². The lowest BCUT2D eigenvalue weighted by molar-refractivity contribution is 0.101. The summed E-state index contributed by atoms with van der Waals surface area (Å²) in [4.78, 5) is 28.9. The lowest BCUT2D eigenvalue weighted by Crippen LogP contribution is -2.18. The summed E-state index contributed by atoms with van der Waals surface area (Å²) in [6, 6.07) is 15.7. The second kappa shape index (κ2) is 7.78. The zero-order chi connectivity index (χ0) is 19.4. The van der Waals surface area contributed by atoms with Gasteiger partial charge in [-0.05, 0) is 61.9 Å². The Morgan fingerprint density at radius 2 is 1.48 bits per heavy atom. The zero-order valence-electron chi connectivity index (χ0n) is 14.9. The van der Waals surface area contributed by atoms with Gasteiger partial charge in [0.05, 0.1) is 0 Å². The summed E-state index contributed by atoms with van der Waals surface area (Å²) in [5.74, 6) is -1.28. The number of aromatic nitrogens is 1. The average Bonchev–Trinajstić information content (AvgIpc) is 2.66. The molecule has 0 spiro atoms. The monoisotopic (exact) mass is 363 g/mol. The minimum absolute atomic E-state index is 0.0904. The van der Waals surface area contributed by atoms with Crippen LogP contribution in [0.15, 0.2) is 60.7 Å². The van der Waals surface area contributed by atoms with Gasteiger partial charge in [0.2, 0.25) is 0 Å². The maximum Gasteiger partial charge on any atom is 0.274 e. The van der Waals surface area contributed by atoms with Gasteiger partial charge in [-0.2, -0.15) is 0 Å². The van der Waals surface area contributed by atoms with E-state index in [1.807, 2.05) is 32.0 Å². The number of nitrogens with one attached hydrogen (secondary N) is 2. The number of hydrogen-bond donors (Lipinski definition) is 2. The Kier molecular flexibility index (Phi) is 5.26. The molecule has 0 saturated carbocycles. The molecule has 3 rings (SSSR count). The van der Waals surface area contributed by atoms with Crippen LogP contribution in [0.5, 0.6) is 0 Å². The largest absolute Gasteiger partial charge is 0.321 e. The fraction of sp³-hybridized carbons (Fsp3) is 0.0952. The van der Waals surface area contributed by atoms with E-state index in [1.165, 1.54) is 36.4 Å². The molecule has 0 atom stereocenters. The standard InChI is InChI=1S/C21H18FN3O2/c1-13-6-11-17(14(2)12-13)25-21(27)19-5-3-4-18(24-19)20(26)23-16-9-7-15(22)8-10-16/h3-12H,1-2H3,(H,23,26)(H,25,27).